The number of benzene rings is 1. The maximum atomic E-state index is 4.53. The summed E-state index contributed by atoms with van der Waals surface area (Å²) in [4.78, 5) is 9.02. The van der Waals surface area contributed by atoms with E-state index >= 15 is 0 Å². The highest BCUT2D eigenvalue weighted by Crippen LogP contribution is 2.21. The van der Waals surface area contributed by atoms with Crippen LogP contribution in [0, 0.1) is 5.92 Å². The summed E-state index contributed by atoms with van der Waals surface area (Å²) in [6.45, 7) is 8.14. The number of hydrogen-bond acceptors (Lipinski definition) is 4. The minimum atomic E-state index is 0.585. The van der Waals surface area contributed by atoms with Crippen molar-refractivity contribution in [1.29, 1.82) is 0 Å². The maximum absolute atomic E-state index is 4.53. The minimum Gasteiger partial charge on any atom is -0.369 e. The predicted octanol–water partition coefficient (Wildman–Crippen LogP) is 3.13. The Hall–Kier alpha value is -1.84. The lowest BCUT2D eigenvalue weighted by atomic mass is 10.2. The van der Waals surface area contributed by atoms with Crippen LogP contribution >= 0.6 is 0 Å². The van der Waals surface area contributed by atoms with E-state index in [1.807, 2.05) is 31.2 Å². The summed E-state index contributed by atoms with van der Waals surface area (Å²) in [6, 6.07) is 8.07. The molecule has 1 heterocycles. The van der Waals surface area contributed by atoms with E-state index in [1.54, 1.807) is 0 Å². The van der Waals surface area contributed by atoms with Crippen molar-refractivity contribution in [3.05, 3.63) is 24.3 Å². The third kappa shape index (κ3) is 2.88. The highest BCUT2D eigenvalue weighted by molar-refractivity contribution is 5.89. The van der Waals surface area contributed by atoms with E-state index in [9.17, 15) is 0 Å². The summed E-state index contributed by atoms with van der Waals surface area (Å²) in [7, 11) is 0. The van der Waals surface area contributed by atoms with E-state index < -0.39 is 0 Å². The Morgan fingerprint density at radius 2 is 1.89 bits per heavy atom. The number of hydrogen-bond donors (Lipinski definition) is 2. The van der Waals surface area contributed by atoms with Crippen molar-refractivity contribution in [2.45, 2.75) is 20.8 Å². The molecule has 0 aliphatic heterocycles. The molecule has 0 unspecified atom stereocenters. The van der Waals surface area contributed by atoms with E-state index in [1.165, 1.54) is 0 Å². The molecule has 0 saturated heterocycles. The Morgan fingerprint density at radius 1 is 1.11 bits per heavy atom. The lowest BCUT2D eigenvalue weighted by molar-refractivity contribution is 0.687. The lowest BCUT2D eigenvalue weighted by Crippen LogP contribution is -2.11. The van der Waals surface area contributed by atoms with Crippen LogP contribution in [0.25, 0.3) is 10.9 Å². The monoisotopic (exact) mass is 244 g/mol. The first-order chi connectivity index (χ1) is 8.70. The van der Waals surface area contributed by atoms with Crippen LogP contribution in [0.1, 0.15) is 20.8 Å². The molecule has 2 N–H and O–H groups in total. The average Bonchev–Trinajstić information content (AvgIpc) is 2.36. The van der Waals surface area contributed by atoms with Gasteiger partial charge in [-0.05, 0) is 25.0 Å². The van der Waals surface area contributed by atoms with Gasteiger partial charge < -0.3 is 10.6 Å². The minimum absolute atomic E-state index is 0.585. The fourth-order valence-electron chi connectivity index (χ4n) is 1.75. The van der Waals surface area contributed by atoms with Gasteiger partial charge >= 0.3 is 0 Å². The predicted molar refractivity (Wildman–Crippen MR) is 77.0 cm³/mol. The van der Waals surface area contributed by atoms with E-state index in [0.29, 0.717) is 11.9 Å². The fraction of sp³-hybridized carbons (Fsp3) is 0.429. The molecule has 2 aromatic rings. The molecule has 0 saturated carbocycles. The van der Waals surface area contributed by atoms with E-state index in [0.717, 1.165) is 29.8 Å². The van der Waals surface area contributed by atoms with Crippen LogP contribution in [-0.4, -0.2) is 23.1 Å². The largest absolute Gasteiger partial charge is 0.369 e. The van der Waals surface area contributed by atoms with Gasteiger partial charge in [-0.2, -0.15) is 4.98 Å². The summed E-state index contributed by atoms with van der Waals surface area (Å²) in [6.07, 6.45) is 0. The molecule has 2 rings (SSSR count). The first-order valence-electron chi connectivity index (χ1n) is 6.45. The second-order valence-corrected chi connectivity index (χ2v) is 4.72. The lowest BCUT2D eigenvalue weighted by Gasteiger charge is -2.12. The van der Waals surface area contributed by atoms with Gasteiger partial charge in [0.25, 0.3) is 0 Å². The molecular weight excluding hydrogens is 224 g/mol. The molecule has 4 nitrogen and oxygen atoms in total. The summed E-state index contributed by atoms with van der Waals surface area (Å²) in [5, 5.41) is 7.63. The Morgan fingerprint density at radius 3 is 2.61 bits per heavy atom. The van der Waals surface area contributed by atoms with E-state index in [-0.39, 0.29) is 0 Å². The van der Waals surface area contributed by atoms with Crippen LogP contribution in [0.15, 0.2) is 24.3 Å². The molecule has 0 aliphatic carbocycles. The normalized spacial score (nSPS) is 10.9. The van der Waals surface area contributed by atoms with Gasteiger partial charge in [0.05, 0.1) is 5.52 Å². The van der Waals surface area contributed by atoms with Crippen molar-refractivity contribution in [3.8, 4) is 0 Å². The molecule has 0 radical (unpaired) electrons. The van der Waals surface area contributed by atoms with Crippen molar-refractivity contribution < 1.29 is 0 Å². The smallest absolute Gasteiger partial charge is 0.225 e. The molecule has 4 heteroatoms. The van der Waals surface area contributed by atoms with Gasteiger partial charge in [-0.3, -0.25) is 0 Å². The number of anilines is 2. The number of nitrogens with one attached hydrogen (secondary N) is 2. The number of para-hydroxylation sites is 1. The molecule has 0 bridgehead atoms. The van der Waals surface area contributed by atoms with Gasteiger partial charge in [0, 0.05) is 18.5 Å². The summed E-state index contributed by atoms with van der Waals surface area (Å²) in [5.41, 5.74) is 0.967. The average molecular weight is 244 g/mol. The third-order valence-corrected chi connectivity index (χ3v) is 2.62. The van der Waals surface area contributed by atoms with Crippen LogP contribution in [0.4, 0.5) is 11.8 Å². The molecule has 0 atom stereocenters. The Balaban J connectivity index is 2.40. The molecule has 0 aliphatic rings. The first-order valence-corrected chi connectivity index (χ1v) is 6.45. The molecular formula is C14H20N4. The summed E-state index contributed by atoms with van der Waals surface area (Å²) in [5.74, 6) is 2.18. The molecule has 0 spiro atoms. The van der Waals surface area contributed by atoms with Gasteiger partial charge in [0.15, 0.2) is 0 Å². The van der Waals surface area contributed by atoms with Crippen LogP contribution in [0.3, 0.4) is 0 Å². The fourth-order valence-corrected chi connectivity index (χ4v) is 1.75. The second kappa shape index (κ2) is 5.67. The zero-order chi connectivity index (χ0) is 13.0. The topological polar surface area (TPSA) is 49.8 Å². The summed E-state index contributed by atoms with van der Waals surface area (Å²) < 4.78 is 0. The number of nitrogens with zero attached hydrogens (tertiary/aromatic N) is 2. The van der Waals surface area contributed by atoms with Crippen LogP contribution in [-0.2, 0) is 0 Å². The molecule has 96 valence electrons. The summed E-state index contributed by atoms with van der Waals surface area (Å²) >= 11 is 0. The van der Waals surface area contributed by atoms with E-state index in [2.05, 4.69) is 34.4 Å². The Kier molecular flexibility index (Phi) is 3.97. The zero-order valence-corrected chi connectivity index (χ0v) is 11.2. The highest BCUT2D eigenvalue weighted by atomic mass is 15.1. The van der Waals surface area contributed by atoms with Crippen molar-refractivity contribution in [3.63, 3.8) is 0 Å². The van der Waals surface area contributed by atoms with Gasteiger partial charge in [0.1, 0.15) is 5.82 Å². The van der Waals surface area contributed by atoms with Crippen LogP contribution in [0.2, 0.25) is 0 Å². The van der Waals surface area contributed by atoms with Crippen LogP contribution < -0.4 is 10.6 Å². The Labute approximate surface area is 108 Å². The molecule has 0 amide bonds. The third-order valence-electron chi connectivity index (χ3n) is 2.62. The molecule has 0 fully saturated rings. The number of aromatic nitrogens is 2. The van der Waals surface area contributed by atoms with Crippen molar-refractivity contribution in [2.75, 3.05) is 23.7 Å². The second-order valence-electron chi connectivity index (χ2n) is 4.72. The Bertz CT molecular complexity index is 522. The van der Waals surface area contributed by atoms with Gasteiger partial charge in [-0.25, -0.2) is 4.98 Å². The van der Waals surface area contributed by atoms with Crippen molar-refractivity contribution >= 4 is 22.7 Å². The first kappa shape index (κ1) is 12.6. The number of rotatable bonds is 5. The molecule has 1 aromatic heterocycles. The van der Waals surface area contributed by atoms with Crippen LogP contribution in [0.5, 0.6) is 0 Å². The van der Waals surface area contributed by atoms with Gasteiger partial charge in [-0.1, -0.05) is 26.0 Å². The number of fused-ring (bicyclic) bond motifs is 1. The zero-order valence-electron chi connectivity index (χ0n) is 11.2. The standard InChI is InChI=1S/C14H20N4/c1-4-15-14-17-12-8-6-5-7-11(12)13(18-14)16-9-10(2)3/h5-8,10H,4,9H2,1-3H3,(H2,15,16,17,18). The quantitative estimate of drug-likeness (QED) is 0.848. The van der Waals surface area contributed by atoms with Crippen molar-refractivity contribution in [2.24, 2.45) is 5.92 Å². The maximum Gasteiger partial charge on any atom is 0.225 e. The SMILES string of the molecule is CCNc1nc(NCC(C)C)c2ccccc2n1. The molecule has 18 heavy (non-hydrogen) atoms. The highest BCUT2D eigenvalue weighted by Gasteiger charge is 2.06. The van der Waals surface area contributed by atoms with Crippen molar-refractivity contribution in [1.82, 2.24) is 9.97 Å². The van der Waals surface area contributed by atoms with Gasteiger partial charge in [0.2, 0.25) is 5.95 Å². The van der Waals surface area contributed by atoms with Gasteiger partial charge in [-0.15, -0.1) is 0 Å². The van der Waals surface area contributed by atoms with E-state index in [4.69, 9.17) is 0 Å². The molecule has 1 aromatic carbocycles.